The summed E-state index contributed by atoms with van der Waals surface area (Å²) in [4.78, 5) is 12.3. The topological polar surface area (TPSA) is 26.3 Å². The van der Waals surface area contributed by atoms with E-state index in [0.29, 0.717) is 6.61 Å². The Kier molecular flexibility index (Phi) is 2.31. The predicted molar refractivity (Wildman–Crippen MR) is 76.3 cm³/mol. The van der Waals surface area contributed by atoms with Crippen LogP contribution in [0.25, 0.3) is 0 Å². The van der Waals surface area contributed by atoms with Gasteiger partial charge >= 0.3 is 5.97 Å². The Balaban J connectivity index is 1.72. The van der Waals surface area contributed by atoms with E-state index in [1.165, 1.54) is 5.56 Å². The number of benzene rings is 2. The van der Waals surface area contributed by atoms with Crippen molar-refractivity contribution in [2.45, 2.75) is 18.3 Å². The number of ether oxygens (including phenoxy) is 1. The Bertz CT molecular complexity index is 650. The van der Waals surface area contributed by atoms with Crippen LogP contribution in [0.1, 0.15) is 17.5 Å². The van der Waals surface area contributed by atoms with Crippen molar-refractivity contribution in [3.63, 3.8) is 0 Å². The first-order chi connectivity index (χ1) is 9.77. The quantitative estimate of drug-likeness (QED) is 0.796. The van der Waals surface area contributed by atoms with E-state index in [4.69, 9.17) is 4.74 Å². The maximum absolute atomic E-state index is 12.3. The number of rotatable bonds is 3. The fourth-order valence-electron chi connectivity index (χ4n) is 3.75. The number of cyclic esters (lactones) is 1. The zero-order valence-corrected chi connectivity index (χ0v) is 11.2. The summed E-state index contributed by atoms with van der Waals surface area (Å²) in [5.41, 5.74) is 1.96. The summed E-state index contributed by atoms with van der Waals surface area (Å²) in [6.07, 6.45) is 1.83. The minimum Gasteiger partial charge on any atom is -0.464 e. The lowest BCUT2D eigenvalue weighted by atomic mass is 9.84. The Morgan fingerprint density at radius 3 is 2.30 bits per heavy atom. The Morgan fingerprint density at radius 2 is 1.60 bits per heavy atom. The average molecular weight is 264 g/mol. The molecule has 1 aliphatic carbocycles. The van der Waals surface area contributed by atoms with Crippen LogP contribution < -0.4 is 0 Å². The monoisotopic (exact) mass is 264 g/mol. The van der Waals surface area contributed by atoms with Crippen LogP contribution >= 0.6 is 0 Å². The molecule has 100 valence electrons. The first-order valence-electron chi connectivity index (χ1n) is 7.04. The molecule has 0 spiro atoms. The third-order valence-electron chi connectivity index (χ3n) is 4.86. The molecule has 0 radical (unpaired) electrons. The lowest BCUT2D eigenvalue weighted by molar-refractivity contribution is -0.142. The molecule has 2 heteroatoms. The van der Waals surface area contributed by atoms with Crippen LogP contribution in [0, 0.1) is 5.41 Å². The third-order valence-corrected chi connectivity index (χ3v) is 4.86. The highest BCUT2D eigenvalue weighted by Crippen LogP contribution is 2.70. The second-order valence-electron chi connectivity index (χ2n) is 5.97. The zero-order valence-electron chi connectivity index (χ0n) is 11.2. The van der Waals surface area contributed by atoms with Gasteiger partial charge in [0.2, 0.25) is 0 Å². The number of fused-ring (bicyclic) bond motifs is 1. The van der Waals surface area contributed by atoms with Gasteiger partial charge in [-0.25, -0.2) is 0 Å². The van der Waals surface area contributed by atoms with Crippen molar-refractivity contribution < 1.29 is 9.53 Å². The predicted octanol–water partition coefficient (Wildman–Crippen LogP) is 3.11. The van der Waals surface area contributed by atoms with Crippen molar-refractivity contribution >= 4 is 5.97 Å². The highest BCUT2D eigenvalue weighted by atomic mass is 16.5. The lowest BCUT2D eigenvalue weighted by Crippen LogP contribution is -2.22. The minimum absolute atomic E-state index is 0.0349. The number of carbonyl (C=O) groups excluding carboxylic acids is 1. The number of hydrogen-bond donors (Lipinski definition) is 0. The molecule has 1 saturated carbocycles. The van der Waals surface area contributed by atoms with E-state index in [0.717, 1.165) is 18.4 Å². The summed E-state index contributed by atoms with van der Waals surface area (Å²) in [5.74, 6) is -0.0420. The average Bonchev–Trinajstić information content (AvgIpc) is 3.09. The van der Waals surface area contributed by atoms with E-state index < -0.39 is 5.41 Å². The molecule has 20 heavy (non-hydrogen) atoms. The highest BCUT2D eigenvalue weighted by Gasteiger charge is 2.77. The summed E-state index contributed by atoms with van der Waals surface area (Å²) in [6, 6.07) is 20.5. The molecule has 0 bridgehead atoms. The van der Waals surface area contributed by atoms with E-state index in [1.807, 2.05) is 24.3 Å². The van der Waals surface area contributed by atoms with E-state index in [1.54, 1.807) is 0 Å². The summed E-state index contributed by atoms with van der Waals surface area (Å²) < 4.78 is 5.41. The number of esters is 1. The minimum atomic E-state index is -0.399. The normalized spacial score (nSPS) is 30.7. The second-order valence-corrected chi connectivity index (χ2v) is 5.97. The Morgan fingerprint density at radius 1 is 0.950 bits per heavy atom. The molecule has 0 amide bonds. The van der Waals surface area contributed by atoms with Gasteiger partial charge in [0.1, 0.15) is 5.41 Å². The molecule has 1 aliphatic heterocycles. The van der Waals surface area contributed by atoms with Crippen molar-refractivity contribution in [3.05, 3.63) is 71.8 Å². The molecule has 2 aliphatic rings. The summed E-state index contributed by atoms with van der Waals surface area (Å²) in [6.45, 7) is 0.551. The molecule has 2 atom stereocenters. The molecular formula is C18H16O2. The van der Waals surface area contributed by atoms with Crippen LogP contribution in [0.3, 0.4) is 0 Å². The fraction of sp³-hybridized carbons (Fsp3) is 0.278. The molecule has 2 aromatic carbocycles. The van der Waals surface area contributed by atoms with Crippen molar-refractivity contribution in [1.29, 1.82) is 0 Å². The molecular weight excluding hydrogens is 248 g/mol. The molecule has 2 aromatic rings. The van der Waals surface area contributed by atoms with E-state index in [9.17, 15) is 4.79 Å². The Labute approximate surface area is 118 Å². The molecule has 4 rings (SSSR count). The van der Waals surface area contributed by atoms with Gasteiger partial charge < -0.3 is 4.74 Å². The van der Waals surface area contributed by atoms with Gasteiger partial charge in [0.05, 0.1) is 6.61 Å². The van der Waals surface area contributed by atoms with Crippen molar-refractivity contribution in [3.8, 4) is 0 Å². The van der Waals surface area contributed by atoms with Gasteiger partial charge in [0.15, 0.2) is 0 Å². The summed E-state index contributed by atoms with van der Waals surface area (Å²) in [7, 11) is 0. The fourth-order valence-corrected chi connectivity index (χ4v) is 3.75. The molecule has 1 heterocycles. The van der Waals surface area contributed by atoms with Crippen LogP contribution in [0.2, 0.25) is 0 Å². The van der Waals surface area contributed by atoms with Crippen LogP contribution in [0.4, 0.5) is 0 Å². The largest absolute Gasteiger partial charge is 0.464 e. The van der Waals surface area contributed by atoms with Crippen LogP contribution in [-0.4, -0.2) is 12.6 Å². The van der Waals surface area contributed by atoms with Gasteiger partial charge in [0.25, 0.3) is 0 Å². The molecule has 0 N–H and O–H groups in total. The SMILES string of the molecule is O=C1OCC2(Cc3ccccc3)CC12c1ccccc1. The first kappa shape index (κ1) is 11.7. The van der Waals surface area contributed by atoms with Gasteiger partial charge in [0, 0.05) is 5.41 Å². The highest BCUT2D eigenvalue weighted by molar-refractivity contribution is 5.91. The lowest BCUT2D eigenvalue weighted by Gasteiger charge is -2.14. The maximum atomic E-state index is 12.3. The van der Waals surface area contributed by atoms with Crippen molar-refractivity contribution in [2.24, 2.45) is 5.41 Å². The van der Waals surface area contributed by atoms with Gasteiger partial charge in [-0.2, -0.15) is 0 Å². The van der Waals surface area contributed by atoms with Gasteiger partial charge in [-0.15, -0.1) is 0 Å². The summed E-state index contributed by atoms with van der Waals surface area (Å²) >= 11 is 0. The number of hydrogen-bond acceptors (Lipinski definition) is 2. The third kappa shape index (κ3) is 1.42. The molecule has 0 aromatic heterocycles. The standard InChI is InChI=1S/C18H16O2/c19-16-18(15-9-5-2-6-10-15)12-17(18,13-20-16)11-14-7-3-1-4-8-14/h1-10H,11-13H2. The zero-order chi connectivity index (χ0) is 13.6. The van der Waals surface area contributed by atoms with Crippen molar-refractivity contribution in [2.75, 3.05) is 6.61 Å². The molecule has 2 unspecified atom stereocenters. The van der Waals surface area contributed by atoms with Gasteiger partial charge in [-0.3, -0.25) is 4.79 Å². The van der Waals surface area contributed by atoms with Crippen molar-refractivity contribution in [1.82, 2.24) is 0 Å². The second kappa shape index (κ2) is 3.95. The van der Waals surface area contributed by atoms with Crippen LogP contribution in [0.5, 0.6) is 0 Å². The number of carbonyl (C=O) groups is 1. The van der Waals surface area contributed by atoms with E-state index >= 15 is 0 Å². The van der Waals surface area contributed by atoms with Gasteiger partial charge in [-0.1, -0.05) is 60.7 Å². The van der Waals surface area contributed by atoms with Gasteiger partial charge in [-0.05, 0) is 24.0 Å². The maximum Gasteiger partial charge on any atom is 0.317 e. The van der Waals surface area contributed by atoms with Crippen LogP contribution in [0.15, 0.2) is 60.7 Å². The van der Waals surface area contributed by atoms with E-state index in [-0.39, 0.29) is 11.4 Å². The van der Waals surface area contributed by atoms with E-state index in [2.05, 4.69) is 36.4 Å². The molecule has 2 fully saturated rings. The molecule has 2 nitrogen and oxygen atoms in total. The first-order valence-corrected chi connectivity index (χ1v) is 7.04. The Hall–Kier alpha value is -2.09. The smallest absolute Gasteiger partial charge is 0.317 e. The van der Waals surface area contributed by atoms with Crippen LogP contribution in [-0.2, 0) is 21.4 Å². The summed E-state index contributed by atoms with van der Waals surface area (Å²) in [5, 5.41) is 0. The molecule has 1 saturated heterocycles.